The predicted molar refractivity (Wildman–Crippen MR) is 104 cm³/mol. The third kappa shape index (κ3) is 3.76. The molecule has 1 unspecified atom stereocenters. The van der Waals surface area contributed by atoms with Gasteiger partial charge in [-0.3, -0.25) is 10.2 Å². The summed E-state index contributed by atoms with van der Waals surface area (Å²) in [4.78, 5) is 31.2. The molecule has 0 radical (unpaired) electrons. The van der Waals surface area contributed by atoms with Crippen molar-refractivity contribution >= 4 is 28.7 Å². The van der Waals surface area contributed by atoms with Crippen molar-refractivity contribution in [2.45, 2.75) is 12.8 Å². The van der Waals surface area contributed by atoms with Crippen LogP contribution in [0.25, 0.3) is 11.0 Å². The lowest BCUT2D eigenvalue weighted by Gasteiger charge is -2.32. The van der Waals surface area contributed by atoms with Gasteiger partial charge in [0.25, 0.3) is 0 Å². The highest BCUT2D eigenvalue weighted by atomic mass is 16.2. The Morgan fingerprint density at radius 1 is 1.04 bits per heavy atom. The van der Waals surface area contributed by atoms with Gasteiger partial charge in [0.05, 0.1) is 17.0 Å². The second-order valence-corrected chi connectivity index (χ2v) is 6.66. The molecule has 1 aliphatic rings. The molecule has 1 aromatic heterocycles. The van der Waals surface area contributed by atoms with Crippen LogP contribution in [0.1, 0.15) is 12.8 Å². The quantitative estimate of drug-likeness (QED) is 0.751. The molecule has 7 nitrogen and oxygen atoms in total. The number of nitrogens with zero attached hydrogens (tertiary/aromatic N) is 3. The third-order valence-corrected chi connectivity index (χ3v) is 4.79. The normalized spacial score (nSPS) is 16.9. The second-order valence-electron chi connectivity index (χ2n) is 6.66. The summed E-state index contributed by atoms with van der Waals surface area (Å²) in [6, 6.07) is 16.8. The van der Waals surface area contributed by atoms with Crippen LogP contribution in [0.2, 0.25) is 0 Å². The van der Waals surface area contributed by atoms with Crippen molar-refractivity contribution in [1.82, 2.24) is 14.6 Å². The van der Waals surface area contributed by atoms with Crippen LogP contribution in [-0.4, -0.2) is 39.6 Å². The van der Waals surface area contributed by atoms with Crippen molar-refractivity contribution in [2.75, 3.05) is 23.8 Å². The molecule has 1 fully saturated rings. The SMILES string of the molecule is O=C(Nn1cnc2ccccc21)C1CCCN(C(=O)Nc2ccccc2)C1. The molecule has 1 atom stereocenters. The Kier molecular flexibility index (Phi) is 4.74. The highest BCUT2D eigenvalue weighted by molar-refractivity contribution is 5.91. The molecule has 2 aromatic carbocycles. The van der Waals surface area contributed by atoms with Crippen LogP contribution < -0.4 is 10.7 Å². The maximum atomic E-state index is 12.7. The average Bonchev–Trinajstić information content (AvgIpc) is 3.12. The molecule has 0 saturated carbocycles. The van der Waals surface area contributed by atoms with E-state index in [-0.39, 0.29) is 17.9 Å². The van der Waals surface area contributed by atoms with Crippen LogP contribution in [0, 0.1) is 5.92 Å². The molecule has 0 aliphatic carbocycles. The van der Waals surface area contributed by atoms with Crippen molar-refractivity contribution in [3.05, 3.63) is 60.9 Å². The Morgan fingerprint density at radius 3 is 2.67 bits per heavy atom. The number of benzene rings is 2. The van der Waals surface area contributed by atoms with E-state index in [1.165, 1.54) is 0 Å². The maximum absolute atomic E-state index is 12.7. The lowest BCUT2D eigenvalue weighted by molar-refractivity contribution is -0.122. The molecule has 0 spiro atoms. The number of hydrogen-bond acceptors (Lipinski definition) is 3. The van der Waals surface area contributed by atoms with E-state index in [2.05, 4.69) is 15.7 Å². The van der Waals surface area contributed by atoms with Crippen LogP contribution in [0.15, 0.2) is 60.9 Å². The molecule has 1 aliphatic heterocycles. The molecule has 2 N–H and O–H groups in total. The largest absolute Gasteiger partial charge is 0.324 e. The monoisotopic (exact) mass is 363 g/mol. The van der Waals surface area contributed by atoms with E-state index >= 15 is 0 Å². The van der Waals surface area contributed by atoms with Gasteiger partial charge in [0, 0.05) is 18.8 Å². The van der Waals surface area contributed by atoms with Gasteiger partial charge in [-0.1, -0.05) is 30.3 Å². The van der Waals surface area contributed by atoms with E-state index in [1.807, 2.05) is 54.6 Å². The first-order valence-corrected chi connectivity index (χ1v) is 9.04. The van der Waals surface area contributed by atoms with E-state index in [0.717, 1.165) is 29.6 Å². The van der Waals surface area contributed by atoms with Gasteiger partial charge >= 0.3 is 6.03 Å². The molecule has 3 amide bonds. The van der Waals surface area contributed by atoms with Crippen LogP contribution in [0.4, 0.5) is 10.5 Å². The Bertz CT molecular complexity index is 953. The number of urea groups is 1. The van der Waals surface area contributed by atoms with E-state index in [4.69, 9.17) is 0 Å². The minimum Gasteiger partial charge on any atom is -0.324 e. The lowest BCUT2D eigenvalue weighted by atomic mass is 9.98. The van der Waals surface area contributed by atoms with Gasteiger partial charge in [0.1, 0.15) is 6.33 Å². The number of amides is 3. The number of imidazole rings is 1. The predicted octanol–water partition coefficient (Wildman–Crippen LogP) is 3.05. The third-order valence-electron chi connectivity index (χ3n) is 4.79. The van der Waals surface area contributed by atoms with E-state index in [9.17, 15) is 9.59 Å². The molecule has 4 rings (SSSR count). The van der Waals surface area contributed by atoms with Gasteiger partial charge in [-0.15, -0.1) is 0 Å². The van der Waals surface area contributed by atoms with Crippen molar-refractivity contribution in [3.8, 4) is 0 Å². The van der Waals surface area contributed by atoms with Gasteiger partial charge in [0.15, 0.2) is 0 Å². The topological polar surface area (TPSA) is 79.3 Å². The van der Waals surface area contributed by atoms with Gasteiger partial charge in [0.2, 0.25) is 5.91 Å². The molecule has 2 heterocycles. The molecule has 3 aromatic rings. The summed E-state index contributed by atoms with van der Waals surface area (Å²) in [5.41, 5.74) is 5.32. The van der Waals surface area contributed by atoms with Crippen LogP contribution in [-0.2, 0) is 4.79 Å². The number of hydrogen-bond donors (Lipinski definition) is 2. The zero-order chi connectivity index (χ0) is 18.6. The van der Waals surface area contributed by atoms with Crippen LogP contribution in [0.3, 0.4) is 0 Å². The molecular weight excluding hydrogens is 342 g/mol. The molecule has 7 heteroatoms. The first-order chi connectivity index (χ1) is 13.2. The number of likely N-dealkylation sites (tertiary alicyclic amines) is 1. The highest BCUT2D eigenvalue weighted by Gasteiger charge is 2.28. The van der Waals surface area contributed by atoms with Gasteiger partial charge in [-0.05, 0) is 37.1 Å². The summed E-state index contributed by atoms with van der Waals surface area (Å²) < 4.78 is 1.64. The minimum absolute atomic E-state index is 0.102. The number of carbonyl (C=O) groups is 2. The highest BCUT2D eigenvalue weighted by Crippen LogP contribution is 2.19. The number of nitrogens with one attached hydrogen (secondary N) is 2. The van der Waals surface area contributed by atoms with E-state index < -0.39 is 0 Å². The Hall–Kier alpha value is -3.35. The van der Waals surface area contributed by atoms with Crippen LogP contribution >= 0.6 is 0 Å². The smallest absolute Gasteiger partial charge is 0.321 e. The second kappa shape index (κ2) is 7.49. The number of rotatable bonds is 3. The number of aromatic nitrogens is 2. The summed E-state index contributed by atoms with van der Waals surface area (Å²) >= 11 is 0. The number of piperidine rings is 1. The molecule has 27 heavy (non-hydrogen) atoms. The van der Waals surface area contributed by atoms with Gasteiger partial charge in [-0.25, -0.2) is 14.5 Å². The summed E-state index contributed by atoms with van der Waals surface area (Å²) in [6.07, 6.45) is 3.16. The number of anilines is 1. The molecule has 1 saturated heterocycles. The number of para-hydroxylation sites is 3. The van der Waals surface area contributed by atoms with E-state index in [1.54, 1.807) is 15.9 Å². The first-order valence-electron chi connectivity index (χ1n) is 9.04. The zero-order valence-corrected chi connectivity index (χ0v) is 14.8. The standard InChI is InChI=1S/C20H21N5O2/c26-19(23-25-14-21-17-10-4-5-11-18(17)25)15-7-6-12-24(13-15)20(27)22-16-8-2-1-3-9-16/h1-5,8-11,14-15H,6-7,12-13H2,(H,22,27)(H,23,26). The molecule has 138 valence electrons. The fourth-order valence-electron chi connectivity index (χ4n) is 3.36. The summed E-state index contributed by atoms with van der Waals surface area (Å²) in [5.74, 6) is -0.350. The molecular formula is C20H21N5O2. The van der Waals surface area contributed by atoms with Crippen molar-refractivity contribution in [3.63, 3.8) is 0 Å². The van der Waals surface area contributed by atoms with Crippen molar-refractivity contribution in [1.29, 1.82) is 0 Å². The maximum Gasteiger partial charge on any atom is 0.321 e. The zero-order valence-electron chi connectivity index (χ0n) is 14.8. The Morgan fingerprint density at radius 2 is 1.81 bits per heavy atom. The van der Waals surface area contributed by atoms with E-state index in [0.29, 0.717) is 13.1 Å². The molecule has 0 bridgehead atoms. The first kappa shape index (κ1) is 17.1. The number of carbonyl (C=O) groups excluding carboxylic acids is 2. The summed E-state index contributed by atoms with van der Waals surface area (Å²) in [6.45, 7) is 1.05. The fourth-order valence-corrected chi connectivity index (χ4v) is 3.36. The van der Waals surface area contributed by atoms with Gasteiger partial charge < -0.3 is 10.2 Å². The summed E-state index contributed by atoms with van der Waals surface area (Å²) in [7, 11) is 0. The fraction of sp³-hybridized carbons (Fsp3) is 0.250. The lowest BCUT2D eigenvalue weighted by Crippen LogP contribution is -2.46. The van der Waals surface area contributed by atoms with Crippen molar-refractivity contribution < 1.29 is 9.59 Å². The Balaban J connectivity index is 1.40. The van der Waals surface area contributed by atoms with Gasteiger partial charge in [-0.2, -0.15) is 0 Å². The average molecular weight is 363 g/mol. The minimum atomic E-state index is -0.249. The van der Waals surface area contributed by atoms with Crippen molar-refractivity contribution in [2.24, 2.45) is 5.92 Å². The number of fused-ring (bicyclic) bond motifs is 1. The Labute approximate surface area is 157 Å². The van der Waals surface area contributed by atoms with Crippen LogP contribution in [0.5, 0.6) is 0 Å². The summed E-state index contributed by atoms with van der Waals surface area (Å²) in [5, 5.41) is 2.88.